The lowest BCUT2D eigenvalue weighted by molar-refractivity contribution is -0.125. The average Bonchev–Trinajstić information content (AvgIpc) is 2.89. The van der Waals surface area contributed by atoms with E-state index < -0.39 is 5.60 Å². The van der Waals surface area contributed by atoms with Crippen LogP contribution in [0.3, 0.4) is 0 Å². The molecule has 2 aromatic rings. The maximum Gasteiger partial charge on any atom is 0.275 e. The van der Waals surface area contributed by atoms with Crippen LogP contribution in [0.1, 0.15) is 10.5 Å². The summed E-state index contributed by atoms with van der Waals surface area (Å²) in [6, 6.07) is 7.67. The molecule has 2 N–H and O–H groups in total. The first-order chi connectivity index (χ1) is 11.3. The van der Waals surface area contributed by atoms with E-state index in [2.05, 4.69) is 15.5 Å². The minimum Gasteiger partial charge on any atom is -0.377 e. The van der Waals surface area contributed by atoms with Crippen molar-refractivity contribution in [3.8, 4) is 0 Å². The van der Waals surface area contributed by atoms with E-state index in [1.807, 2.05) is 29.2 Å². The fourth-order valence-corrected chi connectivity index (χ4v) is 3.26. The average molecular weight is 316 g/mol. The van der Waals surface area contributed by atoms with Crippen molar-refractivity contribution in [2.45, 2.75) is 5.60 Å². The van der Waals surface area contributed by atoms with Gasteiger partial charge in [0.1, 0.15) is 5.60 Å². The van der Waals surface area contributed by atoms with Crippen LogP contribution in [0.4, 0.5) is 0 Å². The molecule has 3 heterocycles. The van der Waals surface area contributed by atoms with Crippen molar-refractivity contribution in [3.05, 3.63) is 30.0 Å². The van der Waals surface area contributed by atoms with Gasteiger partial charge in [0.25, 0.3) is 5.91 Å². The van der Waals surface area contributed by atoms with Gasteiger partial charge in [-0.25, -0.2) is 0 Å². The lowest BCUT2D eigenvalue weighted by atomic mass is 10.0. The number of aromatic nitrogens is 2. The Morgan fingerprint density at radius 2 is 2.22 bits per heavy atom. The van der Waals surface area contributed by atoms with Crippen molar-refractivity contribution in [1.29, 1.82) is 0 Å². The number of morpholine rings is 1. The molecule has 4 rings (SSSR count). The van der Waals surface area contributed by atoms with Crippen LogP contribution in [0.2, 0.25) is 0 Å². The molecule has 2 aliphatic rings. The van der Waals surface area contributed by atoms with Crippen molar-refractivity contribution in [2.24, 2.45) is 0 Å². The van der Waals surface area contributed by atoms with Gasteiger partial charge in [-0.15, -0.1) is 0 Å². The van der Waals surface area contributed by atoms with Gasteiger partial charge in [0.2, 0.25) is 0 Å². The second kappa shape index (κ2) is 5.92. The minimum atomic E-state index is -0.462. The predicted octanol–water partition coefficient (Wildman–Crippen LogP) is 0.394. The Kier molecular flexibility index (Phi) is 3.76. The molecule has 2 fully saturated rings. The van der Waals surface area contributed by atoms with Crippen molar-refractivity contribution in [1.82, 2.24) is 20.4 Å². The monoisotopic (exact) mass is 316 g/mol. The summed E-state index contributed by atoms with van der Waals surface area (Å²) >= 11 is 0. The van der Waals surface area contributed by atoms with E-state index in [4.69, 9.17) is 9.47 Å². The highest BCUT2D eigenvalue weighted by atomic mass is 16.5. The molecule has 2 aliphatic heterocycles. The van der Waals surface area contributed by atoms with E-state index in [1.165, 1.54) is 0 Å². The van der Waals surface area contributed by atoms with Gasteiger partial charge >= 0.3 is 0 Å². The van der Waals surface area contributed by atoms with Gasteiger partial charge in [-0.2, -0.15) is 5.10 Å². The molecule has 1 spiro atoms. The zero-order chi connectivity index (χ0) is 15.7. The van der Waals surface area contributed by atoms with Crippen molar-refractivity contribution in [2.75, 3.05) is 46.0 Å². The van der Waals surface area contributed by atoms with Crippen LogP contribution >= 0.6 is 0 Å². The maximum absolute atomic E-state index is 12.9. The molecule has 0 aliphatic carbocycles. The molecule has 1 unspecified atom stereocenters. The summed E-state index contributed by atoms with van der Waals surface area (Å²) in [5, 5.41) is 11.3. The highest BCUT2D eigenvalue weighted by Gasteiger charge is 2.40. The number of rotatable bonds is 1. The number of amides is 1. The zero-order valence-electron chi connectivity index (χ0n) is 12.9. The Morgan fingerprint density at radius 1 is 1.30 bits per heavy atom. The van der Waals surface area contributed by atoms with E-state index in [-0.39, 0.29) is 5.91 Å². The molecule has 0 radical (unpaired) electrons. The van der Waals surface area contributed by atoms with E-state index in [9.17, 15) is 4.79 Å². The largest absolute Gasteiger partial charge is 0.377 e. The van der Waals surface area contributed by atoms with Gasteiger partial charge in [0.15, 0.2) is 5.69 Å². The van der Waals surface area contributed by atoms with Crippen LogP contribution in [0.5, 0.6) is 0 Å². The third-order valence-electron chi connectivity index (χ3n) is 4.44. The summed E-state index contributed by atoms with van der Waals surface area (Å²) in [5.41, 5.74) is 0.884. The topological polar surface area (TPSA) is 79.5 Å². The van der Waals surface area contributed by atoms with Crippen LogP contribution < -0.4 is 5.32 Å². The van der Waals surface area contributed by atoms with Crippen LogP contribution in [-0.2, 0) is 9.47 Å². The lowest BCUT2D eigenvalue weighted by Crippen LogP contribution is -2.59. The van der Waals surface area contributed by atoms with E-state index >= 15 is 0 Å². The first-order valence-corrected chi connectivity index (χ1v) is 7.92. The molecule has 7 heteroatoms. The molecule has 1 amide bonds. The number of benzene rings is 1. The van der Waals surface area contributed by atoms with Crippen molar-refractivity contribution in [3.63, 3.8) is 0 Å². The van der Waals surface area contributed by atoms with E-state index in [0.717, 1.165) is 17.4 Å². The number of H-pyrrole nitrogens is 1. The highest BCUT2D eigenvalue weighted by Crippen LogP contribution is 2.23. The number of para-hydroxylation sites is 1. The number of ether oxygens (including phenoxy) is 2. The molecular formula is C16H20N4O3. The summed E-state index contributed by atoms with van der Waals surface area (Å²) in [4.78, 5) is 14.7. The zero-order valence-corrected chi connectivity index (χ0v) is 12.9. The molecule has 23 heavy (non-hydrogen) atoms. The van der Waals surface area contributed by atoms with Gasteiger partial charge in [-0.05, 0) is 6.07 Å². The quantitative estimate of drug-likeness (QED) is 0.796. The summed E-state index contributed by atoms with van der Waals surface area (Å²) in [6.45, 7) is 4.27. The first-order valence-electron chi connectivity index (χ1n) is 7.92. The standard InChI is InChI=1S/C16H20N4O3/c21-15(14-12-3-1-2-4-13(12)18-19-14)20-6-8-23-16(10-20)9-17-5-7-22-11-16/h1-4,17H,5-11H2,(H,18,19). The Balaban J connectivity index is 1.58. The van der Waals surface area contributed by atoms with Crippen molar-refractivity contribution >= 4 is 16.8 Å². The number of hydrogen-bond donors (Lipinski definition) is 2. The number of nitrogens with one attached hydrogen (secondary N) is 2. The predicted molar refractivity (Wildman–Crippen MR) is 84.4 cm³/mol. The molecule has 122 valence electrons. The summed E-state index contributed by atoms with van der Waals surface area (Å²) in [7, 11) is 0. The van der Waals surface area contributed by atoms with Gasteiger partial charge in [-0.3, -0.25) is 9.89 Å². The third-order valence-corrected chi connectivity index (χ3v) is 4.44. The molecule has 0 saturated carbocycles. The number of carbonyl (C=O) groups excluding carboxylic acids is 1. The fraction of sp³-hybridized carbons (Fsp3) is 0.500. The van der Waals surface area contributed by atoms with Crippen LogP contribution in [0.25, 0.3) is 10.9 Å². The molecule has 1 aromatic carbocycles. The Labute approximate surface area is 133 Å². The van der Waals surface area contributed by atoms with Crippen LogP contribution in [0.15, 0.2) is 24.3 Å². The summed E-state index contributed by atoms with van der Waals surface area (Å²) in [5.74, 6) is -0.0608. The van der Waals surface area contributed by atoms with E-state index in [0.29, 0.717) is 45.1 Å². The number of aromatic amines is 1. The maximum atomic E-state index is 12.9. The number of hydrogen-bond acceptors (Lipinski definition) is 5. The fourth-order valence-electron chi connectivity index (χ4n) is 3.26. The molecule has 7 nitrogen and oxygen atoms in total. The highest BCUT2D eigenvalue weighted by molar-refractivity contribution is 6.04. The summed E-state index contributed by atoms with van der Waals surface area (Å²) in [6.07, 6.45) is 0. The second-order valence-electron chi connectivity index (χ2n) is 6.11. The normalized spacial score (nSPS) is 25.7. The minimum absolute atomic E-state index is 0.0608. The Hall–Kier alpha value is -1.96. The Morgan fingerprint density at radius 3 is 3.17 bits per heavy atom. The number of nitrogens with zero attached hydrogens (tertiary/aromatic N) is 2. The van der Waals surface area contributed by atoms with Gasteiger partial charge in [0.05, 0.1) is 31.9 Å². The van der Waals surface area contributed by atoms with Crippen molar-refractivity contribution < 1.29 is 14.3 Å². The number of carbonyl (C=O) groups is 1. The lowest BCUT2D eigenvalue weighted by Gasteiger charge is -2.41. The van der Waals surface area contributed by atoms with Gasteiger partial charge in [-0.1, -0.05) is 18.2 Å². The second-order valence-corrected chi connectivity index (χ2v) is 6.11. The van der Waals surface area contributed by atoms with Crippen LogP contribution in [0, 0.1) is 0 Å². The van der Waals surface area contributed by atoms with E-state index in [1.54, 1.807) is 0 Å². The summed E-state index contributed by atoms with van der Waals surface area (Å²) < 4.78 is 11.6. The Bertz CT molecular complexity index is 706. The first kappa shape index (κ1) is 14.6. The van der Waals surface area contributed by atoms with Crippen LogP contribution in [-0.4, -0.2) is 72.6 Å². The molecule has 0 bridgehead atoms. The molecule has 2 saturated heterocycles. The molecular weight excluding hydrogens is 296 g/mol. The van der Waals surface area contributed by atoms with Gasteiger partial charge in [0, 0.05) is 25.0 Å². The smallest absolute Gasteiger partial charge is 0.275 e. The SMILES string of the molecule is O=C(c1n[nH]c2ccccc12)N1CCOC2(CNCCOC2)C1. The number of fused-ring (bicyclic) bond motifs is 1. The third kappa shape index (κ3) is 2.71. The molecule has 1 atom stereocenters. The van der Waals surface area contributed by atoms with Gasteiger partial charge < -0.3 is 19.7 Å². The molecule has 1 aromatic heterocycles.